The number of carbonyl (C=O) groups is 2. The van der Waals surface area contributed by atoms with Crippen LogP contribution in [-0.4, -0.2) is 42.5 Å². The normalized spacial score (nSPS) is 15.7. The molecular formula is C32H39N3O3. The van der Waals surface area contributed by atoms with Gasteiger partial charge in [0.1, 0.15) is 17.4 Å². The minimum Gasteiger partial charge on any atom is -0.488 e. The molecule has 3 aromatic carbocycles. The second kappa shape index (κ2) is 10.9. The summed E-state index contributed by atoms with van der Waals surface area (Å²) in [6, 6.07) is 21.0. The summed E-state index contributed by atoms with van der Waals surface area (Å²) in [5.41, 5.74) is 4.83. The van der Waals surface area contributed by atoms with E-state index in [-0.39, 0.29) is 17.4 Å². The van der Waals surface area contributed by atoms with Gasteiger partial charge in [-0.1, -0.05) is 50.2 Å². The lowest BCUT2D eigenvalue weighted by molar-refractivity contribution is -0.120. The van der Waals surface area contributed by atoms with E-state index in [0.717, 1.165) is 22.6 Å². The molecule has 200 valence electrons. The number of hydrogen-bond acceptors (Lipinski definition) is 4. The van der Waals surface area contributed by atoms with E-state index >= 15 is 0 Å². The first-order chi connectivity index (χ1) is 17.9. The first kappa shape index (κ1) is 27.2. The van der Waals surface area contributed by atoms with Crippen LogP contribution in [0, 0.1) is 0 Å². The fraction of sp³-hybridized carbons (Fsp3) is 0.375. The van der Waals surface area contributed by atoms with Crippen LogP contribution in [0.4, 0.5) is 11.4 Å². The first-order valence-electron chi connectivity index (χ1n) is 13.2. The van der Waals surface area contributed by atoms with Crippen LogP contribution in [0.1, 0.15) is 67.6 Å². The van der Waals surface area contributed by atoms with Crippen LogP contribution < -0.4 is 15.0 Å². The van der Waals surface area contributed by atoms with Crippen molar-refractivity contribution in [1.29, 1.82) is 0 Å². The molecule has 0 aliphatic carbocycles. The van der Waals surface area contributed by atoms with Crippen molar-refractivity contribution in [3.8, 4) is 5.75 Å². The first-order valence-corrected chi connectivity index (χ1v) is 13.2. The van der Waals surface area contributed by atoms with Crippen molar-refractivity contribution in [2.75, 3.05) is 24.3 Å². The smallest absolute Gasteiger partial charge is 0.257 e. The molecule has 0 bridgehead atoms. The van der Waals surface area contributed by atoms with Crippen LogP contribution in [0.2, 0.25) is 0 Å². The summed E-state index contributed by atoms with van der Waals surface area (Å²) in [7, 11) is 3.87. The lowest BCUT2D eigenvalue weighted by Gasteiger charge is -2.29. The fourth-order valence-corrected chi connectivity index (χ4v) is 4.61. The highest BCUT2D eigenvalue weighted by Gasteiger charge is 2.36. The summed E-state index contributed by atoms with van der Waals surface area (Å²) in [5, 5.41) is 3.03. The standard InChI is InChI=1S/C32H39N3O3/c1-21(2)24-12-8-23(9-13-24)20-35-29(18-22-10-15-26(16-11-22)38-32(3,4)5)30(36)33-28-17-14-25(34(6)7)19-27(28)31(35)37/h8-17,19,21,29H,18,20H2,1-7H3,(H,33,36)/t29-/m0/s1. The van der Waals surface area contributed by atoms with Crippen molar-refractivity contribution in [1.82, 2.24) is 4.90 Å². The molecule has 0 aromatic heterocycles. The van der Waals surface area contributed by atoms with Crippen LogP contribution in [0.5, 0.6) is 5.75 Å². The van der Waals surface area contributed by atoms with Gasteiger partial charge in [-0.25, -0.2) is 0 Å². The molecule has 1 atom stereocenters. The minimum absolute atomic E-state index is 0.160. The largest absolute Gasteiger partial charge is 0.488 e. The van der Waals surface area contributed by atoms with E-state index in [2.05, 4.69) is 43.4 Å². The van der Waals surface area contributed by atoms with Gasteiger partial charge in [0.25, 0.3) is 5.91 Å². The highest BCUT2D eigenvalue weighted by Crippen LogP contribution is 2.30. The molecule has 6 heteroatoms. The van der Waals surface area contributed by atoms with Gasteiger partial charge in [0.15, 0.2) is 0 Å². The molecule has 1 N–H and O–H groups in total. The molecule has 38 heavy (non-hydrogen) atoms. The van der Waals surface area contributed by atoms with Crippen LogP contribution >= 0.6 is 0 Å². The Bertz CT molecular complexity index is 1290. The lowest BCUT2D eigenvalue weighted by Crippen LogP contribution is -2.46. The molecule has 6 nitrogen and oxygen atoms in total. The minimum atomic E-state index is -0.670. The number of fused-ring (bicyclic) bond motifs is 1. The van der Waals surface area contributed by atoms with E-state index in [4.69, 9.17) is 4.74 Å². The van der Waals surface area contributed by atoms with Gasteiger partial charge in [0.05, 0.1) is 11.3 Å². The number of carbonyl (C=O) groups excluding carboxylic acids is 2. The summed E-state index contributed by atoms with van der Waals surface area (Å²) < 4.78 is 5.96. The van der Waals surface area contributed by atoms with Gasteiger partial charge >= 0.3 is 0 Å². The maximum Gasteiger partial charge on any atom is 0.257 e. The summed E-state index contributed by atoms with van der Waals surface area (Å²) in [4.78, 5) is 31.3. The van der Waals surface area contributed by atoms with Crippen LogP contribution in [0.3, 0.4) is 0 Å². The molecule has 0 spiro atoms. The SMILES string of the molecule is CC(C)c1ccc(CN2C(=O)c3cc(N(C)C)ccc3NC(=O)[C@@H]2Cc2ccc(OC(C)(C)C)cc2)cc1. The predicted octanol–water partition coefficient (Wildman–Crippen LogP) is 6.26. The molecule has 0 unspecified atom stereocenters. The molecule has 1 aliphatic rings. The molecule has 2 amide bonds. The van der Waals surface area contributed by atoms with Gasteiger partial charge in [-0.15, -0.1) is 0 Å². The van der Waals surface area contributed by atoms with Crippen molar-refractivity contribution in [2.24, 2.45) is 0 Å². The maximum absolute atomic E-state index is 14.0. The number of ether oxygens (including phenoxy) is 1. The maximum atomic E-state index is 14.0. The molecule has 4 rings (SSSR count). The topological polar surface area (TPSA) is 61.9 Å². The monoisotopic (exact) mass is 513 g/mol. The third-order valence-electron chi connectivity index (χ3n) is 6.72. The van der Waals surface area contributed by atoms with Gasteiger partial charge in [-0.2, -0.15) is 0 Å². The van der Waals surface area contributed by atoms with Gasteiger partial charge in [0.2, 0.25) is 5.91 Å². The molecular weight excluding hydrogens is 474 g/mol. The van der Waals surface area contributed by atoms with E-state index in [9.17, 15) is 9.59 Å². The Kier molecular flexibility index (Phi) is 7.81. The number of amides is 2. The number of nitrogens with one attached hydrogen (secondary N) is 1. The molecule has 3 aromatic rings. The zero-order valence-corrected chi connectivity index (χ0v) is 23.5. The summed E-state index contributed by atoms with van der Waals surface area (Å²) in [6.07, 6.45) is 0.395. The Morgan fingerprint density at radius 1 is 0.921 bits per heavy atom. The number of anilines is 2. The Morgan fingerprint density at radius 3 is 2.13 bits per heavy atom. The van der Waals surface area contributed by atoms with Crippen molar-refractivity contribution < 1.29 is 14.3 Å². The van der Waals surface area contributed by atoms with Crippen molar-refractivity contribution in [3.63, 3.8) is 0 Å². The van der Waals surface area contributed by atoms with Gasteiger partial charge in [0, 0.05) is 32.7 Å². The average Bonchev–Trinajstić information content (AvgIpc) is 2.94. The summed E-state index contributed by atoms with van der Waals surface area (Å²) >= 11 is 0. The predicted molar refractivity (Wildman–Crippen MR) is 154 cm³/mol. The van der Waals surface area contributed by atoms with Crippen molar-refractivity contribution in [2.45, 2.75) is 65.1 Å². The van der Waals surface area contributed by atoms with Crippen LogP contribution in [0.15, 0.2) is 66.7 Å². The average molecular weight is 514 g/mol. The van der Waals surface area contributed by atoms with Crippen molar-refractivity contribution in [3.05, 3.63) is 89.0 Å². The molecule has 0 saturated carbocycles. The van der Waals surface area contributed by atoms with Crippen molar-refractivity contribution >= 4 is 23.2 Å². The van der Waals surface area contributed by atoms with E-state index in [1.54, 1.807) is 4.90 Å². The molecule has 1 heterocycles. The van der Waals surface area contributed by atoms with Gasteiger partial charge in [-0.05, 0) is 73.7 Å². The second-order valence-electron chi connectivity index (χ2n) is 11.5. The zero-order valence-electron chi connectivity index (χ0n) is 23.5. The van der Waals surface area contributed by atoms with Crippen LogP contribution in [0.25, 0.3) is 0 Å². The number of hydrogen-bond donors (Lipinski definition) is 1. The Balaban J connectivity index is 1.69. The number of rotatable bonds is 7. The molecule has 1 aliphatic heterocycles. The van der Waals surface area contributed by atoms with E-state index in [1.807, 2.05) is 82.2 Å². The molecule has 0 saturated heterocycles. The Hall–Kier alpha value is -3.80. The third kappa shape index (κ3) is 6.36. The van der Waals surface area contributed by atoms with Gasteiger partial charge < -0.3 is 19.9 Å². The second-order valence-corrected chi connectivity index (χ2v) is 11.5. The number of benzene rings is 3. The zero-order chi connectivity index (χ0) is 27.6. The van der Waals surface area contributed by atoms with E-state index in [0.29, 0.717) is 30.1 Å². The van der Waals surface area contributed by atoms with Crippen LogP contribution in [-0.2, 0) is 17.8 Å². The summed E-state index contributed by atoms with van der Waals surface area (Å²) in [6.45, 7) is 10.7. The third-order valence-corrected chi connectivity index (χ3v) is 6.72. The van der Waals surface area contributed by atoms with E-state index in [1.165, 1.54) is 5.56 Å². The Labute approximate surface area is 226 Å². The summed E-state index contributed by atoms with van der Waals surface area (Å²) in [5.74, 6) is 0.841. The van der Waals surface area contributed by atoms with E-state index < -0.39 is 6.04 Å². The quantitative estimate of drug-likeness (QED) is 0.405. The van der Waals surface area contributed by atoms with Gasteiger partial charge in [-0.3, -0.25) is 9.59 Å². The Morgan fingerprint density at radius 2 is 1.55 bits per heavy atom. The molecule has 0 radical (unpaired) electrons. The highest BCUT2D eigenvalue weighted by atomic mass is 16.5. The lowest BCUT2D eigenvalue weighted by atomic mass is 10.00. The molecule has 0 fully saturated rings. The number of nitrogens with zero attached hydrogens (tertiary/aromatic N) is 2. The fourth-order valence-electron chi connectivity index (χ4n) is 4.61. The highest BCUT2D eigenvalue weighted by molar-refractivity contribution is 6.10.